The Labute approximate surface area is 206 Å². The molecule has 4 rings (SSSR count). The third-order valence-corrected chi connectivity index (χ3v) is 5.70. The van der Waals surface area contributed by atoms with Gasteiger partial charge in [0.15, 0.2) is 6.61 Å². The number of benzene rings is 4. The summed E-state index contributed by atoms with van der Waals surface area (Å²) in [5.74, 6) is 0.382. The highest BCUT2D eigenvalue weighted by Gasteiger charge is 2.16. The van der Waals surface area contributed by atoms with Crippen LogP contribution in [0, 0.1) is 0 Å². The average Bonchev–Trinajstić information content (AvgIpc) is 2.92. The Morgan fingerprint density at radius 3 is 1.66 bits per heavy atom. The van der Waals surface area contributed by atoms with Crippen molar-refractivity contribution in [2.45, 2.75) is 13.1 Å². The first-order chi connectivity index (χ1) is 17.1. The van der Waals surface area contributed by atoms with Crippen LogP contribution >= 0.6 is 0 Å². The summed E-state index contributed by atoms with van der Waals surface area (Å²) in [7, 11) is 1.74. The summed E-state index contributed by atoms with van der Waals surface area (Å²) >= 11 is 0. The SMILES string of the molecule is CN(C(=O)c1ccccc1)c1ccc(OCC(=O)N(Cc2ccccc2)Cc2ccccc2)cc1. The van der Waals surface area contributed by atoms with E-state index in [0.29, 0.717) is 24.4 Å². The van der Waals surface area contributed by atoms with E-state index in [1.807, 2.05) is 91.0 Å². The van der Waals surface area contributed by atoms with Gasteiger partial charge in [-0.15, -0.1) is 0 Å². The fourth-order valence-corrected chi connectivity index (χ4v) is 3.73. The minimum absolute atomic E-state index is 0.0716. The summed E-state index contributed by atoms with van der Waals surface area (Å²) < 4.78 is 5.81. The van der Waals surface area contributed by atoms with Crippen LogP contribution < -0.4 is 9.64 Å². The quantitative estimate of drug-likeness (QED) is 0.325. The lowest BCUT2D eigenvalue weighted by atomic mass is 10.1. The van der Waals surface area contributed by atoms with Crippen molar-refractivity contribution in [2.75, 3.05) is 18.6 Å². The third-order valence-electron chi connectivity index (χ3n) is 5.70. The molecule has 0 radical (unpaired) electrons. The molecule has 0 fully saturated rings. The molecule has 0 aliphatic carbocycles. The molecular weight excluding hydrogens is 436 g/mol. The number of hydrogen-bond acceptors (Lipinski definition) is 3. The zero-order chi connectivity index (χ0) is 24.5. The van der Waals surface area contributed by atoms with Crippen LogP contribution in [0.2, 0.25) is 0 Å². The van der Waals surface area contributed by atoms with E-state index in [1.54, 1.807) is 41.1 Å². The van der Waals surface area contributed by atoms with Crippen molar-refractivity contribution in [3.63, 3.8) is 0 Å². The molecule has 5 heteroatoms. The molecule has 0 heterocycles. The number of rotatable bonds is 9. The van der Waals surface area contributed by atoms with Gasteiger partial charge in [0.25, 0.3) is 11.8 Å². The lowest BCUT2D eigenvalue weighted by Gasteiger charge is -2.23. The van der Waals surface area contributed by atoms with Crippen molar-refractivity contribution in [1.82, 2.24) is 4.90 Å². The highest BCUT2D eigenvalue weighted by molar-refractivity contribution is 6.05. The van der Waals surface area contributed by atoms with E-state index < -0.39 is 0 Å². The van der Waals surface area contributed by atoms with Gasteiger partial charge in [0.1, 0.15) is 5.75 Å². The van der Waals surface area contributed by atoms with E-state index in [2.05, 4.69) is 0 Å². The van der Waals surface area contributed by atoms with Gasteiger partial charge in [-0.3, -0.25) is 9.59 Å². The monoisotopic (exact) mass is 464 g/mol. The maximum Gasteiger partial charge on any atom is 0.261 e. The van der Waals surface area contributed by atoms with Gasteiger partial charge in [0.2, 0.25) is 0 Å². The summed E-state index contributed by atoms with van der Waals surface area (Å²) in [6.45, 7) is 0.935. The molecule has 35 heavy (non-hydrogen) atoms. The molecule has 0 aliphatic rings. The molecule has 5 nitrogen and oxygen atoms in total. The van der Waals surface area contributed by atoms with Crippen LogP contribution in [-0.2, 0) is 17.9 Å². The Hall–Kier alpha value is -4.38. The Morgan fingerprint density at radius 1 is 0.657 bits per heavy atom. The Bertz CT molecular complexity index is 1190. The second-order valence-corrected chi connectivity index (χ2v) is 8.23. The van der Waals surface area contributed by atoms with E-state index in [0.717, 1.165) is 16.8 Å². The van der Waals surface area contributed by atoms with E-state index in [4.69, 9.17) is 4.74 Å². The van der Waals surface area contributed by atoms with Gasteiger partial charge in [0.05, 0.1) is 0 Å². The van der Waals surface area contributed by atoms with Crippen molar-refractivity contribution < 1.29 is 14.3 Å². The van der Waals surface area contributed by atoms with Gasteiger partial charge < -0.3 is 14.5 Å². The number of anilines is 1. The van der Waals surface area contributed by atoms with Crippen molar-refractivity contribution in [2.24, 2.45) is 0 Å². The number of ether oxygens (including phenoxy) is 1. The molecule has 0 aliphatic heterocycles. The number of carbonyl (C=O) groups is 2. The Kier molecular flexibility index (Phi) is 7.92. The smallest absolute Gasteiger partial charge is 0.261 e. The molecule has 0 bridgehead atoms. The summed E-state index contributed by atoms with van der Waals surface area (Å²) in [4.78, 5) is 29.1. The molecule has 4 aromatic carbocycles. The molecule has 0 atom stereocenters. The zero-order valence-corrected chi connectivity index (χ0v) is 19.7. The van der Waals surface area contributed by atoms with Crippen molar-refractivity contribution in [3.8, 4) is 5.75 Å². The lowest BCUT2D eigenvalue weighted by molar-refractivity contribution is -0.134. The molecule has 2 amide bonds. The highest BCUT2D eigenvalue weighted by atomic mass is 16.5. The molecular formula is C30H28N2O3. The molecule has 4 aromatic rings. The third kappa shape index (κ3) is 6.58. The minimum atomic E-state index is -0.0989. The van der Waals surface area contributed by atoms with Gasteiger partial charge in [-0.1, -0.05) is 78.9 Å². The van der Waals surface area contributed by atoms with Crippen LogP contribution in [0.4, 0.5) is 5.69 Å². The number of nitrogens with zero attached hydrogens (tertiary/aromatic N) is 2. The molecule has 0 saturated carbocycles. The standard InChI is InChI=1S/C30H28N2O3/c1-31(30(34)26-15-9-4-10-16-26)27-17-19-28(20-18-27)35-23-29(33)32(21-24-11-5-2-6-12-24)22-25-13-7-3-8-14-25/h2-20H,21-23H2,1H3. The number of amides is 2. The van der Waals surface area contributed by atoms with Crippen LogP contribution in [0.3, 0.4) is 0 Å². The second kappa shape index (κ2) is 11.7. The first-order valence-corrected chi connectivity index (χ1v) is 11.5. The average molecular weight is 465 g/mol. The highest BCUT2D eigenvalue weighted by Crippen LogP contribution is 2.20. The lowest BCUT2D eigenvalue weighted by Crippen LogP contribution is -2.34. The van der Waals surface area contributed by atoms with Crippen LogP contribution in [0.25, 0.3) is 0 Å². The van der Waals surface area contributed by atoms with E-state index in [1.165, 1.54) is 0 Å². The topological polar surface area (TPSA) is 49.9 Å². The van der Waals surface area contributed by atoms with Crippen molar-refractivity contribution in [1.29, 1.82) is 0 Å². The number of carbonyl (C=O) groups excluding carboxylic acids is 2. The van der Waals surface area contributed by atoms with Crippen LogP contribution in [0.15, 0.2) is 115 Å². The fourth-order valence-electron chi connectivity index (χ4n) is 3.73. The molecule has 0 aromatic heterocycles. The normalized spacial score (nSPS) is 10.4. The Morgan fingerprint density at radius 2 is 1.14 bits per heavy atom. The maximum absolute atomic E-state index is 13.1. The van der Waals surface area contributed by atoms with E-state index >= 15 is 0 Å². The summed E-state index contributed by atoms with van der Waals surface area (Å²) in [6.07, 6.45) is 0. The van der Waals surface area contributed by atoms with Crippen molar-refractivity contribution >= 4 is 17.5 Å². The zero-order valence-electron chi connectivity index (χ0n) is 19.7. The second-order valence-electron chi connectivity index (χ2n) is 8.23. The van der Waals surface area contributed by atoms with Crippen LogP contribution in [0.1, 0.15) is 21.5 Å². The predicted octanol–water partition coefficient (Wildman–Crippen LogP) is 5.57. The Balaban J connectivity index is 1.39. The molecule has 0 saturated heterocycles. The molecule has 0 unspecified atom stereocenters. The van der Waals surface area contributed by atoms with Gasteiger partial charge in [-0.05, 0) is 47.5 Å². The minimum Gasteiger partial charge on any atom is -0.484 e. The molecule has 0 spiro atoms. The van der Waals surface area contributed by atoms with Crippen LogP contribution in [-0.4, -0.2) is 30.4 Å². The first kappa shape index (κ1) is 23.8. The van der Waals surface area contributed by atoms with Gasteiger partial charge in [-0.25, -0.2) is 0 Å². The van der Waals surface area contributed by atoms with E-state index in [-0.39, 0.29) is 18.4 Å². The van der Waals surface area contributed by atoms with Gasteiger partial charge in [-0.2, -0.15) is 0 Å². The van der Waals surface area contributed by atoms with Crippen LogP contribution in [0.5, 0.6) is 5.75 Å². The summed E-state index contributed by atoms with van der Waals surface area (Å²) in [6, 6.07) is 36.2. The summed E-state index contributed by atoms with van der Waals surface area (Å²) in [5, 5.41) is 0. The summed E-state index contributed by atoms with van der Waals surface area (Å²) in [5.41, 5.74) is 3.49. The molecule has 0 N–H and O–H groups in total. The number of hydrogen-bond donors (Lipinski definition) is 0. The predicted molar refractivity (Wildman–Crippen MR) is 138 cm³/mol. The molecule has 176 valence electrons. The first-order valence-electron chi connectivity index (χ1n) is 11.5. The fraction of sp³-hybridized carbons (Fsp3) is 0.133. The van der Waals surface area contributed by atoms with E-state index in [9.17, 15) is 9.59 Å². The maximum atomic E-state index is 13.1. The van der Waals surface area contributed by atoms with Gasteiger partial charge in [0, 0.05) is 31.4 Å². The van der Waals surface area contributed by atoms with Crippen molar-refractivity contribution in [3.05, 3.63) is 132 Å². The largest absolute Gasteiger partial charge is 0.484 e. The van der Waals surface area contributed by atoms with Gasteiger partial charge >= 0.3 is 0 Å².